The molecule has 112 valence electrons. The van der Waals surface area contributed by atoms with Crippen LogP contribution in [-0.2, 0) is 11.2 Å². The number of nitrogens with zero attached hydrogens (tertiary/aromatic N) is 1. The fraction of sp³-hybridized carbons (Fsp3) is 0.533. The van der Waals surface area contributed by atoms with Crippen LogP contribution >= 0.6 is 12.4 Å². The van der Waals surface area contributed by atoms with Gasteiger partial charge in [0.1, 0.15) is 5.82 Å². The van der Waals surface area contributed by atoms with Crippen molar-refractivity contribution >= 4 is 18.3 Å². The van der Waals surface area contributed by atoms with Gasteiger partial charge in [0.15, 0.2) is 0 Å². The van der Waals surface area contributed by atoms with Gasteiger partial charge in [-0.25, -0.2) is 4.39 Å². The van der Waals surface area contributed by atoms with Crippen LogP contribution in [0, 0.1) is 11.7 Å². The lowest BCUT2D eigenvalue weighted by atomic mass is 9.97. The average Bonchev–Trinajstić information content (AvgIpc) is 2.41. The number of hydrogen-bond donors (Lipinski definition) is 1. The summed E-state index contributed by atoms with van der Waals surface area (Å²) >= 11 is 0. The lowest BCUT2D eigenvalue weighted by Crippen LogP contribution is -2.45. The SMILES string of the molecule is CC(Cc1ccccc1F)C(=O)N1CCC(N)CC1.Cl. The number of rotatable bonds is 3. The highest BCUT2D eigenvalue weighted by atomic mass is 35.5. The van der Waals surface area contributed by atoms with Crippen LogP contribution in [0.1, 0.15) is 25.3 Å². The lowest BCUT2D eigenvalue weighted by Gasteiger charge is -2.32. The molecule has 1 atom stereocenters. The molecule has 1 heterocycles. The minimum atomic E-state index is -0.234. The first-order valence-electron chi connectivity index (χ1n) is 6.85. The molecule has 1 amide bonds. The van der Waals surface area contributed by atoms with Crippen molar-refractivity contribution in [2.75, 3.05) is 13.1 Å². The Morgan fingerprint density at radius 2 is 2.00 bits per heavy atom. The van der Waals surface area contributed by atoms with Gasteiger partial charge in [-0.1, -0.05) is 25.1 Å². The van der Waals surface area contributed by atoms with E-state index in [0.717, 1.165) is 25.9 Å². The van der Waals surface area contributed by atoms with E-state index in [2.05, 4.69) is 0 Å². The molecular weight excluding hydrogens is 279 g/mol. The fourth-order valence-electron chi connectivity index (χ4n) is 2.51. The summed E-state index contributed by atoms with van der Waals surface area (Å²) < 4.78 is 13.6. The summed E-state index contributed by atoms with van der Waals surface area (Å²) in [4.78, 5) is 14.1. The van der Waals surface area contributed by atoms with Gasteiger partial charge in [-0.2, -0.15) is 0 Å². The van der Waals surface area contributed by atoms with Gasteiger partial charge < -0.3 is 10.6 Å². The van der Waals surface area contributed by atoms with Gasteiger partial charge in [0.25, 0.3) is 0 Å². The van der Waals surface area contributed by atoms with Crippen LogP contribution in [0.25, 0.3) is 0 Å². The van der Waals surface area contributed by atoms with Gasteiger partial charge in [0.05, 0.1) is 0 Å². The smallest absolute Gasteiger partial charge is 0.225 e. The molecule has 1 aliphatic heterocycles. The largest absolute Gasteiger partial charge is 0.342 e. The third kappa shape index (κ3) is 4.18. The highest BCUT2D eigenvalue weighted by Crippen LogP contribution is 2.17. The molecular formula is C15H22ClFN2O. The minimum absolute atomic E-state index is 0. The summed E-state index contributed by atoms with van der Waals surface area (Å²) in [5.41, 5.74) is 6.44. The van der Waals surface area contributed by atoms with Crippen molar-refractivity contribution in [3.63, 3.8) is 0 Å². The molecule has 3 nitrogen and oxygen atoms in total. The molecule has 0 bridgehead atoms. The number of likely N-dealkylation sites (tertiary alicyclic amines) is 1. The van der Waals surface area contributed by atoms with Crippen LogP contribution in [0.4, 0.5) is 4.39 Å². The first-order chi connectivity index (χ1) is 9.08. The molecule has 0 spiro atoms. The van der Waals surface area contributed by atoms with Crippen LogP contribution in [0.5, 0.6) is 0 Å². The molecule has 0 aromatic heterocycles. The Labute approximate surface area is 125 Å². The maximum Gasteiger partial charge on any atom is 0.225 e. The molecule has 2 rings (SSSR count). The number of nitrogens with two attached hydrogens (primary N) is 1. The topological polar surface area (TPSA) is 46.3 Å². The zero-order valence-electron chi connectivity index (χ0n) is 11.7. The Kier molecular flexibility index (Phi) is 6.43. The number of carbonyl (C=O) groups is 1. The standard InChI is InChI=1S/C15H21FN2O.ClH/c1-11(10-12-4-2-3-5-14(12)16)15(19)18-8-6-13(17)7-9-18;/h2-5,11,13H,6-10,17H2,1H3;1H. The highest BCUT2D eigenvalue weighted by molar-refractivity contribution is 5.85. The van der Waals surface area contributed by atoms with Crippen molar-refractivity contribution in [1.29, 1.82) is 0 Å². The van der Waals surface area contributed by atoms with E-state index in [1.165, 1.54) is 6.07 Å². The summed E-state index contributed by atoms with van der Waals surface area (Å²) in [5.74, 6) is -0.316. The van der Waals surface area contributed by atoms with Crippen molar-refractivity contribution in [2.24, 2.45) is 11.7 Å². The molecule has 0 saturated carbocycles. The Bertz CT molecular complexity index is 447. The van der Waals surface area contributed by atoms with Crippen LogP contribution < -0.4 is 5.73 Å². The second kappa shape index (κ2) is 7.60. The fourth-order valence-corrected chi connectivity index (χ4v) is 2.51. The van der Waals surface area contributed by atoms with E-state index in [0.29, 0.717) is 12.0 Å². The van der Waals surface area contributed by atoms with E-state index >= 15 is 0 Å². The molecule has 5 heteroatoms. The van der Waals surface area contributed by atoms with Gasteiger partial charge in [0, 0.05) is 25.0 Å². The molecule has 0 radical (unpaired) electrons. The Balaban J connectivity index is 0.00000200. The van der Waals surface area contributed by atoms with E-state index in [4.69, 9.17) is 5.73 Å². The van der Waals surface area contributed by atoms with Gasteiger partial charge in [0.2, 0.25) is 5.91 Å². The van der Waals surface area contributed by atoms with Crippen LogP contribution in [-0.4, -0.2) is 29.9 Å². The minimum Gasteiger partial charge on any atom is -0.342 e. The van der Waals surface area contributed by atoms with Gasteiger partial charge in [-0.05, 0) is 30.9 Å². The van der Waals surface area contributed by atoms with Crippen molar-refractivity contribution < 1.29 is 9.18 Å². The quantitative estimate of drug-likeness (QED) is 0.931. The Hall–Kier alpha value is -1.13. The summed E-state index contributed by atoms with van der Waals surface area (Å²) in [6, 6.07) is 6.86. The van der Waals surface area contributed by atoms with Crippen LogP contribution in [0.15, 0.2) is 24.3 Å². The van der Waals surface area contributed by atoms with Gasteiger partial charge in [-0.3, -0.25) is 4.79 Å². The zero-order valence-corrected chi connectivity index (χ0v) is 12.5. The predicted molar refractivity (Wildman–Crippen MR) is 80.3 cm³/mol. The molecule has 1 fully saturated rings. The number of halogens is 2. The maximum absolute atomic E-state index is 13.6. The van der Waals surface area contributed by atoms with Crippen molar-refractivity contribution in [2.45, 2.75) is 32.2 Å². The van der Waals surface area contributed by atoms with E-state index < -0.39 is 0 Å². The van der Waals surface area contributed by atoms with Gasteiger partial charge >= 0.3 is 0 Å². The number of amides is 1. The molecule has 0 aliphatic carbocycles. The molecule has 1 aromatic rings. The average molecular weight is 301 g/mol. The molecule has 1 aliphatic rings. The lowest BCUT2D eigenvalue weighted by molar-refractivity contribution is -0.136. The third-order valence-electron chi connectivity index (χ3n) is 3.76. The van der Waals surface area contributed by atoms with E-state index in [1.54, 1.807) is 18.2 Å². The second-order valence-electron chi connectivity index (χ2n) is 5.36. The summed E-state index contributed by atoms with van der Waals surface area (Å²) in [6.07, 6.45) is 2.17. The normalized spacial score (nSPS) is 17.4. The molecule has 1 saturated heterocycles. The van der Waals surface area contributed by atoms with E-state index in [-0.39, 0.29) is 36.1 Å². The first-order valence-corrected chi connectivity index (χ1v) is 6.85. The van der Waals surface area contributed by atoms with Crippen molar-refractivity contribution in [3.05, 3.63) is 35.6 Å². The Morgan fingerprint density at radius 3 is 2.60 bits per heavy atom. The summed E-state index contributed by atoms with van der Waals surface area (Å²) in [5, 5.41) is 0. The third-order valence-corrected chi connectivity index (χ3v) is 3.76. The van der Waals surface area contributed by atoms with E-state index in [1.807, 2.05) is 11.8 Å². The monoisotopic (exact) mass is 300 g/mol. The van der Waals surface area contributed by atoms with Crippen LogP contribution in [0.2, 0.25) is 0 Å². The van der Waals surface area contributed by atoms with Crippen molar-refractivity contribution in [3.8, 4) is 0 Å². The zero-order chi connectivity index (χ0) is 13.8. The highest BCUT2D eigenvalue weighted by Gasteiger charge is 2.25. The van der Waals surface area contributed by atoms with Crippen LogP contribution in [0.3, 0.4) is 0 Å². The molecule has 1 aromatic carbocycles. The maximum atomic E-state index is 13.6. The predicted octanol–water partition coefficient (Wildman–Crippen LogP) is 2.38. The number of benzene rings is 1. The summed E-state index contributed by atoms with van der Waals surface area (Å²) in [6.45, 7) is 3.31. The molecule has 2 N–H and O–H groups in total. The number of piperidine rings is 1. The molecule has 1 unspecified atom stereocenters. The number of hydrogen-bond acceptors (Lipinski definition) is 2. The summed E-state index contributed by atoms with van der Waals surface area (Å²) in [7, 11) is 0. The first kappa shape index (κ1) is 16.9. The number of carbonyl (C=O) groups excluding carboxylic acids is 1. The van der Waals surface area contributed by atoms with E-state index in [9.17, 15) is 9.18 Å². The second-order valence-corrected chi connectivity index (χ2v) is 5.36. The Morgan fingerprint density at radius 1 is 1.40 bits per heavy atom. The van der Waals surface area contributed by atoms with Gasteiger partial charge in [-0.15, -0.1) is 12.4 Å². The van der Waals surface area contributed by atoms with Crippen molar-refractivity contribution in [1.82, 2.24) is 4.90 Å². The molecule has 20 heavy (non-hydrogen) atoms.